The molecule has 1 amide bonds. The molecule has 2 aromatic heterocycles. The second kappa shape index (κ2) is 5.59. The third kappa shape index (κ3) is 2.80. The molecule has 0 radical (unpaired) electrons. The second-order valence-corrected chi connectivity index (χ2v) is 5.35. The lowest BCUT2D eigenvalue weighted by molar-refractivity contribution is -0.137. The predicted octanol–water partition coefficient (Wildman–Crippen LogP) is 3.72. The zero-order valence-corrected chi connectivity index (χ0v) is 12.6. The maximum Gasteiger partial charge on any atom is 0.416 e. The highest BCUT2D eigenvalue weighted by atomic mass is 19.4. The lowest BCUT2D eigenvalue weighted by Gasteiger charge is -2.10. The van der Waals surface area contributed by atoms with Crippen molar-refractivity contribution in [1.82, 2.24) is 9.97 Å². The molecule has 3 rings (SSSR count). The van der Waals surface area contributed by atoms with Crippen LogP contribution >= 0.6 is 0 Å². The maximum absolute atomic E-state index is 12.7. The average molecular weight is 331 g/mol. The summed E-state index contributed by atoms with van der Waals surface area (Å²) in [6, 6.07) is 6.42. The van der Waals surface area contributed by atoms with Crippen molar-refractivity contribution < 1.29 is 18.0 Å². The minimum atomic E-state index is -4.40. The van der Waals surface area contributed by atoms with E-state index in [2.05, 4.69) is 9.97 Å². The van der Waals surface area contributed by atoms with Gasteiger partial charge in [-0.3, -0.25) is 9.78 Å². The Balaban J connectivity index is 2.19. The number of halogens is 3. The summed E-state index contributed by atoms with van der Waals surface area (Å²) in [5.74, 6) is -0.662. The summed E-state index contributed by atoms with van der Waals surface area (Å²) in [6.45, 7) is 1.71. The Morgan fingerprint density at radius 3 is 2.38 bits per heavy atom. The van der Waals surface area contributed by atoms with Gasteiger partial charge in [-0.2, -0.15) is 13.2 Å². The van der Waals surface area contributed by atoms with Crippen LogP contribution in [-0.2, 0) is 6.18 Å². The number of hydrogen-bond acceptors (Lipinski definition) is 3. The number of carbonyl (C=O) groups excluding carboxylic acids is 1. The van der Waals surface area contributed by atoms with E-state index in [1.165, 1.54) is 18.3 Å². The maximum atomic E-state index is 12.7. The van der Waals surface area contributed by atoms with Crippen LogP contribution in [0.3, 0.4) is 0 Å². The summed E-state index contributed by atoms with van der Waals surface area (Å²) in [5.41, 5.74) is 6.84. The van der Waals surface area contributed by atoms with Gasteiger partial charge in [0.25, 0.3) is 5.91 Å². The first kappa shape index (κ1) is 15.9. The van der Waals surface area contributed by atoms with Crippen molar-refractivity contribution >= 4 is 16.8 Å². The smallest absolute Gasteiger partial charge is 0.364 e. The van der Waals surface area contributed by atoms with Crippen LogP contribution in [0.4, 0.5) is 13.2 Å². The highest BCUT2D eigenvalue weighted by Crippen LogP contribution is 2.32. The third-order valence-electron chi connectivity index (χ3n) is 3.67. The van der Waals surface area contributed by atoms with E-state index in [-0.39, 0.29) is 5.69 Å². The Bertz CT molecular complexity index is 934. The van der Waals surface area contributed by atoms with E-state index in [1.54, 1.807) is 19.2 Å². The molecule has 0 aliphatic carbocycles. The number of pyridine rings is 2. The number of rotatable bonds is 2. The van der Waals surface area contributed by atoms with Crippen molar-refractivity contribution in [2.24, 2.45) is 5.73 Å². The van der Waals surface area contributed by atoms with Crippen LogP contribution < -0.4 is 5.73 Å². The van der Waals surface area contributed by atoms with Gasteiger partial charge in [0.15, 0.2) is 0 Å². The fraction of sp³-hybridized carbons (Fsp3) is 0.118. The zero-order valence-electron chi connectivity index (χ0n) is 12.6. The van der Waals surface area contributed by atoms with E-state index in [4.69, 9.17) is 5.73 Å². The van der Waals surface area contributed by atoms with Gasteiger partial charge in [-0.1, -0.05) is 12.1 Å². The second-order valence-electron chi connectivity index (χ2n) is 5.35. The molecule has 2 N–H and O–H groups in total. The number of fused-ring (bicyclic) bond motifs is 1. The monoisotopic (exact) mass is 331 g/mol. The molecule has 0 bridgehead atoms. The Morgan fingerprint density at radius 1 is 1.12 bits per heavy atom. The molecule has 0 fully saturated rings. The minimum Gasteiger partial charge on any atom is -0.364 e. The summed E-state index contributed by atoms with van der Waals surface area (Å²) in [4.78, 5) is 19.9. The Kier molecular flexibility index (Phi) is 3.71. The lowest BCUT2D eigenvalue weighted by atomic mass is 10.0. The van der Waals surface area contributed by atoms with Crippen LogP contribution in [0.15, 0.2) is 42.7 Å². The number of aromatic nitrogens is 2. The van der Waals surface area contributed by atoms with Crippen molar-refractivity contribution in [2.45, 2.75) is 13.1 Å². The predicted molar refractivity (Wildman–Crippen MR) is 83.2 cm³/mol. The molecule has 4 nitrogen and oxygen atoms in total. The molecular weight excluding hydrogens is 319 g/mol. The Hall–Kier alpha value is -2.96. The molecule has 122 valence electrons. The molecule has 0 unspecified atom stereocenters. The third-order valence-corrected chi connectivity index (χ3v) is 3.67. The molecule has 0 spiro atoms. The van der Waals surface area contributed by atoms with Gasteiger partial charge in [-0.15, -0.1) is 0 Å². The van der Waals surface area contributed by atoms with Gasteiger partial charge in [0.2, 0.25) is 0 Å². The number of alkyl halides is 3. The van der Waals surface area contributed by atoms with Gasteiger partial charge in [-0.25, -0.2) is 4.98 Å². The van der Waals surface area contributed by atoms with E-state index in [0.29, 0.717) is 27.6 Å². The number of amides is 1. The number of benzene rings is 1. The lowest BCUT2D eigenvalue weighted by Crippen LogP contribution is -2.15. The van der Waals surface area contributed by atoms with Gasteiger partial charge in [0.05, 0.1) is 11.1 Å². The molecule has 0 saturated carbocycles. The highest BCUT2D eigenvalue weighted by Gasteiger charge is 2.30. The topological polar surface area (TPSA) is 68.9 Å². The average Bonchev–Trinajstić information content (AvgIpc) is 2.52. The van der Waals surface area contributed by atoms with Crippen LogP contribution in [0.5, 0.6) is 0 Å². The van der Waals surface area contributed by atoms with Crippen molar-refractivity contribution in [1.29, 1.82) is 0 Å². The summed E-state index contributed by atoms with van der Waals surface area (Å²) in [7, 11) is 0. The number of aryl methyl sites for hydroxylation is 1. The van der Waals surface area contributed by atoms with Crippen LogP contribution in [0, 0.1) is 6.92 Å². The first-order valence-electron chi connectivity index (χ1n) is 7.00. The van der Waals surface area contributed by atoms with Crippen molar-refractivity contribution in [3.8, 4) is 11.1 Å². The molecule has 24 heavy (non-hydrogen) atoms. The van der Waals surface area contributed by atoms with Crippen LogP contribution in [0.25, 0.3) is 22.0 Å². The van der Waals surface area contributed by atoms with E-state index < -0.39 is 17.6 Å². The summed E-state index contributed by atoms with van der Waals surface area (Å²) >= 11 is 0. The van der Waals surface area contributed by atoms with E-state index in [9.17, 15) is 18.0 Å². The molecule has 0 aliphatic heterocycles. The standard InChI is InChI=1S/C17H12F3N3O/c1-9-6-11-7-22-8-13(15(11)23-14(9)16(21)24)10-2-4-12(5-3-10)17(18,19)20/h2-8H,1H3,(H2,21,24). The molecule has 7 heteroatoms. The van der Waals surface area contributed by atoms with Crippen LogP contribution in [0.2, 0.25) is 0 Å². The van der Waals surface area contributed by atoms with Gasteiger partial charge in [0, 0.05) is 23.3 Å². The normalized spacial score (nSPS) is 11.7. The summed E-state index contributed by atoms with van der Waals surface area (Å²) in [6.07, 6.45) is -1.32. The first-order chi connectivity index (χ1) is 11.3. The minimum absolute atomic E-state index is 0.127. The molecule has 0 aliphatic rings. The van der Waals surface area contributed by atoms with Crippen LogP contribution in [-0.4, -0.2) is 15.9 Å². The number of primary amides is 1. The van der Waals surface area contributed by atoms with Crippen LogP contribution in [0.1, 0.15) is 21.6 Å². The van der Waals surface area contributed by atoms with Crippen molar-refractivity contribution in [2.75, 3.05) is 0 Å². The Morgan fingerprint density at radius 2 is 1.79 bits per heavy atom. The number of carbonyl (C=O) groups is 1. The fourth-order valence-electron chi connectivity index (χ4n) is 2.50. The van der Waals surface area contributed by atoms with Crippen molar-refractivity contribution in [3.05, 3.63) is 59.5 Å². The van der Waals surface area contributed by atoms with E-state index in [0.717, 1.165) is 12.1 Å². The zero-order chi connectivity index (χ0) is 17.5. The Labute approximate surface area is 135 Å². The first-order valence-corrected chi connectivity index (χ1v) is 7.00. The van der Waals surface area contributed by atoms with Gasteiger partial charge >= 0.3 is 6.18 Å². The van der Waals surface area contributed by atoms with Crippen molar-refractivity contribution in [3.63, 3.8) is 0 Å². The fourth-order valence-corrected chi connectivity index (χ4v) is 2.50. The number of hydrogen-bond donors (Lipinski definition) is 1. The van der Waals surface area contributed by atoms with Gasteiger partial charge < -0.3 is 5.73 Å². The summed E-state index contributed by atoms with van der Waals surface area (Å²) in [5, 5.41) is 0.676. The van der Waals surface area contributed by atoms with Gasteiger partial charge in [0.1, 0.15) is 5.69 Å². The molecule has 0 saturated heterocycles. The molecule has 3 aromatic rings. The quantitative estimate of drug-likeness (QED) is 0.778. The molecular formula is C17H12F3N3O. The van der Waals surface area contributed by atoms with Gasteiger partial charge in [-0.05, 0) is 36.2 Å². The largest absolute Gasteiger partial charge is 0.416 e. The van der Waals surface area contributed by atoms with E-state index >= 15 is 0 Å². The number of nitrogens with two attached hydrogens (primary N) is 1. The molecule has 0 atom stereocenters. The van der Waals surface area contributed by atoms with E-state index in [1.807, 2.05) is 0 Å². The highest BCUT2D eigenvalue weighted by molar-refractivity contribution is 5.99. The molecule has 1 aromatic carbocycles. The number of nitrogens with zero attached hydrogens (tertiary/aromatic N) is 2. The SMILES string of the molecule is Cc1cc2cncc(-c3ccc(C(F)(F)F)cc3)c2nc1C(N)=O. The molecule has 2 heterocycles. The summed E-state index contributed by atoms with van der Waals surface area (Å²) < 4.78 is 38.1.